The minimum absolute atomic E-state index is 0.0356. The van der Waals surface area contributed by atoms with Crippen LogP contribution in [0.3, 0.4) is 0 Å². The minimum Gasteiger partial charge on any atom is -0.759 e. The molecule has 0 aliphatic carbocycles. The lowest BCUT2D eigenvalue weighted by molar-refractivity contribution is 0.352. The maximum absolute atomic E-state index is 12.0. The molecular formula is C50H47F5O4S3. The van der Waals surface area contributed by atoms with Gasteiger partial charge in [0.25, 0.3) is 0 Å². The predicted molar refractivity (Wildman–Crippen MR) is 237 cm³/mol. The van der Waals surface area contributed by atoms with Crippen LogP contribution < -0.4 is 0 Å². The van der Waals surface area contributed by atoms with E-state index < -0.39 is 39.5 Å². The van der Waals surface area contributed by atoms with Gasteiger partial charge in [-0.05, 0) is 109 Å². The van der Waals surface area contributed by atoms with E-state index in [1.54, 1.807) is 0 Å². The van der Waals surface area contributed by atoms with Crippen molar-refractivity contribution in [3.05, 3.63) is 216 Å². The van der Waals surface area contributed by atoms with Gasteiger partial charge in [0.05, 0.1) is 21.8 Å². The van der Waals surface area contributed by atoms with E-state index in [2.05, 4.69) is 198 Å². The summed E-state index contributed by atoms with van der Waals surface area (Å²) in [6, 6.07) is 61.6. The van der Waals surface area contributed by atoms with Crippen LogP contribution >= 0.6 is 0 Å². The van der Waals surface area contributed by atoms with E-state index in [1.807, 2.05) is 0 Å². The van der Waals surface area contributed by atoms with Crippen LogP contribution in [0.25, 0.3) is 0 Å². The highest BCUT2D eigenvalue weighted by atomic mass is 32.3. The molecule has 0 spiro atoms. The van der Waals surface area contributed by atoms with Gasteiger partial charge < -0.3 is 9.11 Å². The fourth-order valence-electron chi connectivity index (χ4n) is 6.05. The van der Waals surface area contributed by atoms with Crippen molar-refractivity contribution < 1.29 is 39.5 Å². The highest BCUT2D eigenvalue weighted by molar-refractivity contribution is 7.97. The summed E-state index contributed by atoms with van der Waals surface area (Å²) in [6.07, 6.45) is 2.29. The topological polar surface area (TPSA) is 80.3 Å². The smallest absolute Gasteiger partial charge is 0.200 e. The van der Waals surface area contributed by atoms with Gasteiger partial charge in [0.1, 0.15) is 0 Å². The zero-order chi connectivity index (χ0) is 45.2. The fourth-order valence-corrected chi connectivity index (χ4v) is 10.2. The maximum atomic E-state index is 12.0. The lowest BCUT2D eigenvalue weighted by Gasteiger charge is -2.09. The summed E-state index contributed by atoms with van der Waals surface area (Å²) in [5.41, 5.74) is 2.85. The van der Waals surface area contributed by atoms with Crippen LogP contribution in [-0.4, -0.2) is 17.5 Å². The van der Waals surface area contributed by atoms with Gasteiger partial charge in [-0.25, -0.2) is 22.0 Å². The van der Waals surface area contributed by atoms with Crippen LogP contribution in [0, 0.1) is 40.9 Å². The third-order valence-corrected chi connectivity index (χ3v) is 13.0. The van der Waals surface area contributed by atoms with Crippen LogP contribution in [-0.2, 0) is 45.0 Å². The van der Waals surface area contributed by atoms with Crippen LogP contribution in [0.5, 0.6) is 0 Å². The molecule has 0 saturated heterocycles. The van der Waals surface area contributed by atoms with Crippen molar-refractivity contribution in [2.24, 2.45) is 11.8 Å². The molecule has 0 radical (unpaired) electrons. The molecule has 0 heterocycles. The molecular weight excluding hydrogens is 856 g/mol. The van der Waals surface area contributed by atoms with Gasteiger partial charge in [-0.3, -0.25) is 8.42 Å². The zero-order valence-corrected chi connectivity index (χ0v) is 37.0. The Bertz CT molecular complexity index is 2250. The van der Waals surface area contributed by atoms with Gasteiger partial charge in [0.15, 0.2) is 52.6 Å². The summed E-state index contributed by atoms with van der Waals surface area (Å²) >= 11 is 0. The molecule has 324 valence electrons. The van der Waals surface area contributed by atoms with Crippen molar-refractivity contribution in [2.45, 2.75) is 69.9 Å². The summed E-state index contributed by atoms with van der Waals surface area (Å²) in [6.45, 7) is 9.08. The van der Waals surface area contributed by atoms with Gasteiger partial charge >= 0.3 is 0 Å². The van der Waals surface area contributed by atoms with Crippen molar-refractivity contribution in [3.63, 3.8) is 0 Å². The molecule has 4 nitrogen and oxygen atoms in total. The molecule has 0 bridgehead atoms. The number of rotatable bonds is 10. The Hall–Kier alpha value is -5.24. The van der Waals surface area contributed by atoms with Crippen molar-refractivity contribution in [1.82, 2.24) is 0 Å². The van der Waals surface area contributed by atoms with Crippen molar-refractivity contribution >= 4 is 32.2 Å². The second-order valence-corrected chi connectivity index (χ2v) is 19.4. The summed E-state index contributed by atoms with van der Waals surface area (Å²) < 4.78 is 94.1. The molecule has 0 amide bonds. The first-order valence-corrected chi connectivity index (χ1v) is 23.3. The SMILES string of the molecule is CC(C)Cc1ccc([S+](c2ccccc2)c2ccccc2)cc1.CC(C)Cc1ccc([S+](c2ccccc2)c2ccccc2)cc1.Fc1cc(F)c(F)c(F)c1F.O=S(=O)([O-])[O-]. The number of hydrogen-bond acceptors (Lipinski definition) is 4. The molecule has 0 aliphatic heterocycles. The van der Waals surface area contributed by atoms with Gasteiger partial charge in [-0.2, -0.15) is 0 Å². The number of benzene rings is 7. The van der Waals surface area contributed by atoms with Crippen LogP contribution in [0.4, 0.5) is 22.0 Å². The van der Waals surface area contributed by atoms with Crippen LogP contribution in [0.15, 0.2) is 205 Å². The van der Waals surface area contributed by atoms with E-state index in [4.69, 9.17) is 17.5 Å². The third kappa shape index (κ3) is 16.2. The summed E-state index contributed by atoms with van der Waals surface area (Å²) in [4.78, 5) is 8.25. The van der Waals surface area contributed by atoms with Crippen molar-refractivity contribution in [2.75, 3.05) is 0 Å². The Balaban J connectivity index is 0.000000204. The van der Waals surface area contributed by atoms with Crippen LogP contribution in [0.1, 0.15) is 38.8 Å². The molecule has 12 heteroatoms. The Morgan fingerprint density at radius 1 is 0.403 bits per heavy atom. The molecule has 0 aromatic heterocycles. The molecule has 0 fully saturated rings. The van der Waals surface area contributed by atoms with Gasteiger partial charge in [-0.1, -0.05) is 125 Å². The highest BCUT2D eigenvalue weighted by Crippen LogP contribution is 2.32. The average molecular weight is 903 g/mol. The van der Waals surface area contributed by atoms with Crippen molar-refractivity contribution in [3.8, 4) is 0 Å². The molecule has 7 aromatic carbocycles. The minimum atomic E-state index is -5.17. The van der Waals surface area contributed by atoms with E-state index in [0.717, 1.165) is 12.8 Å². The molecule has 0 aliphatic rings. The second kappa shape index (κ2) is 24.4. The summed E-state index contributed by atoms with van der Waals surface area (Å²) in [7, 11) is -5.24. The lowest BCUT2D eigenvalue weighted by Crippen LogP contribution is -2.05. The van der Waals surface area contributed by atoms with Crippen LogP contribution in [0.2, 0.25) is 0 Å². The molecule has 7 rings (SSSR count). The molecule has 0 unspecified atom stereocenters. The van der Waals surface area contributed by atoms with E-state index in [0.29, 0.717) is 11.8 Å². The number of halogens is 5. The Morgan fingerprint density at radius 3 is 0.855 bits per heavy atom. The van der Waals surface area contributed by atoms with E-state index in [-0.39, 0.29) is 27.9 Å². The van der Waals surface area contributed by atoms with E-state index >= 15 is 0 Å². The normalized spacial score (nSPS) is 11.0. The molecule has 7 aromatic rings. The van der Waals surface area contributed by atoms with Gasteiger partial charge in [0.2, 0.25) is 5.82 Å². The quantitative estimate of drug-likeness (QED) is 0.0342. The maximum Gasteiger partial charge on any atom is 0.200 e. The summed E-state index contributed by atoms with van der Waals surface area (Å²) in [5.74, 6) is -8.26. The zero-order valence-electron chi connectivity index (χ0n) is 34.6. The molecule has 0 N–H and O–H groups in total. The average Bonchev–Trinajstić information content (AvgIpc) is 3.25. The van der Waals surface area contributed by atoms with E-state index in [9.17, 15) is 22.0 Å². The second-order valence-electron chi connectivity index (χ2n) is 14.5. The number of hydrogen-bond donors (Lipinski definition) is 0. The lowest BCUT2D eigenvalue weighted by atomic mass is 10.0. The predicted octanol–water partition coefficient (Wildman–Crippen LogP) is 13.0. The summed E-state index contributed by atoms with van der Waals surface area (Å²) in [5, 5.41) is 0. The van der Waals surface area contributed by atoms with Gasteiger partial charge in [0, 0.05) is 16.5 Å². The van der Waals surface area contributed by atoms with E-state index in [1.165, 1.54) is 40.5 Å². The fraction of sp³-hybridized carbons (Fsp3) is 0.160. The van der Waals surface area contributed by atoms with Crippen molar-refractivity contribution in [1.29, 1.82) is 0 Å². The molecule has 0 saturated carbocycles. The Kier molecular flexibility index (Phi) is 19.5. The first kappa shape index (κ1) is 49.4. The first-order valence-electron chi connectivity index (χ1n) is 19.5. The Morgan fingerprint density at radius 2 is 0.629 bits per heavy atom. The third-order valence-electron chi connectivity index (χ3n) is 8.58. The molecule has 62 heavy (non-hydrogen) atoms. The monoisotopic (exact) mass is 902 g/mol. The van der Waals surface area contributed by atoms with Gasteiger partial charge in [-0.15, -0.1) is 0 Å². The highest BCUT2D eigenvalue weighted by Gasteiger charge is 2.29. The molecule has 0 atom stereocenters. The Labute approximate surface area is 367 Å². The standard InChI is InChI=1S/2C22H23S.C6HF5.H2O4S/c2*1-18(2)17-19-13-15-22(16-14-19)23(20-9-5-3-6-10-20)21-11-7-4-8-12-21;7-2-1-3(8)5(10)6(11)4(2)9;1-5(2,3)4/h2*3-16,18H,17H2,1-2H3;1H;(H2,1,2,3,4)/q2*+1;;/p-2. The largest absolute Gasteiger partial charge is 0.759 e. The first-order chi connectivity index (χ1) is 29.5.